The summed E-state index contributed by atoms with van der Waals surface area (Å²) in [5.41, 5.74) is -0.540. The molecule has 0 heterocycles. The monoisotopic (exact) mass is 326 g/mol. The van der Waals surface area contributed by atoms with Gasteiger partial charge in [0.1, 0.15) is 17.2 Å². The normalized spacial score (nSPS) is 16.0. The summed E-state index contributed by atoms with van der Waals surface area (Å²) in [5, 5.41) is 5.86. The van der Waals surface area contributed by atoms with Crippen molar-refractivity contribution in [3.8, 4) is 0 Å². The second kappa shape index (κ2) is 7.25. The van der Waals surface area contributed by atoms with Crippen molar-refractivity contribution in [3.05, 3.63) is 35.4 Å². The van der Waals surface area contributed by atoms with Crippen LogP contribution in [0.2, 0.25) is 0 Å². The largest absolute Gasteiger partial charge is 0.444 e. The Morgan fingerprint density at radius 2 is 1.91 bits per heavy atom. The highest BCUT2D eigenvalue weighted by atomic mass is 19.1. The average Bonchev–Trinajstić information content (AvgIpc) is 3.23. The molecular weight excluding hydrogens is 302 g/mol. The van der Waals surface area contributed by atoms with Gasteiger partial charge in [0.15, 0.2) is 0 Å². The van der Waals surface area contributed by atoms with E-state index in [-0.39, 0.29) is 18.2 Å². The number of rotatable bonds is 6. The SMILES string of the molecule is CC(C)(C)OC(=O)NC(CNCc1c(F)cccc1F)C1CC1. The molecule has 2 N–H and O–H groups in total. The standard InChI is InChI=1S/C17H24F2N2O2/c1-17(2,3)23-16(22)21-15(11-7-8-11)10-20-9-12-13(18)5-4-6-14(12)19/h4-6,11,15,20H,7-10H2,1-3H3,(H,21,22). The maximum Gasteiger partial charge on any atom is 0.407 e. The van der Waals surface area contributed by atoms with E-state index < -0.39 is 23.3 Å². The minimum Gasteiger partial charge on any atom is -0.444 e. The molecule has 1 fully saturated rings. The summed E-state index contributed by atoms with van der Waals surface area (Å²) < 4.78 is 32.4. The van der Waals surface area contributed by atoms with Crippen molar-refractivity contribution in [2.75, 3.05) is 6.54 Å². The van der Waals surface area contributed by atoms with Crippen LogP contribution in [0.3, 0.4) is 0 Å². The van der Waals surface area contributed by atoms with Crippen molar-refractivity contribution in [1.82, 2.24) is 10.6 Å². The molecule has 0 aromatic heterocycles. The van der Waals surface area contributed by atoms with Crippen LogP contribution in [0.25, 0.3) is 0 Å². The second-order valence-electron chi connectivity index (χ2n) is 6.92. The van der Waals surface area contributed by atoms with Crippen molar-refractivity contribution in [3.63, 3.8) is 0 Å². The van der Waals surface area contributed by atoms with Gasteiger partial charge >= 0.3 is 6.09 Å². The third-order valence-corrected chi connectivity index (χ3v) is 3.62. The van der Waals surface area contributed by atoms with Gasteiger partial charge in [-0.15, -0.1) is 0 Å². The van der Waals surface area contributed by atoms with Gasteiger partial charge < -0.3 is 15.4 Å². The summed E-state index contributed by atoms with van der Waals surface area (Å²) in [4.78, 5) is 11.9. The van der Waals surface area contributed by atoms with Crippen molar-refractivity contribution >= 4 is 6.09 Å². The first-order valence-corrected chi connectivity index (χ1v) is 7.89. The summed E-state index contributed by atoms with van der Waals surface area (Å²) in [7, 11) is 0. The lowest BCUT2D eigenvalue weighted by Gasteiger charge is -2.24. The summed E-state index contributed by atoms with van der Waals surface area (Å²) >= 11 is 0. The fraction of sp³-hybridized carbons (Fsp3) is 0.588. The van der Waals surface area contributed by atoms with Gasteiger partial charge in [-0.2, -0.15) is 0 Å². The molecule has 4 nitrogen and oxygen atoms in total. The van der Waals surface area contributed by atoms with Crippen LogP contribution < -0.4 is 10.6 Å². The van der Waals surface area contributed by atoms with Gasteiger partial charge in [-0.1, -0.05) is 6.07 Å². The van der Waals surface area contributed by atoms with Gasteiger partial charge in [-0.25, -0.2) is 13.6 Å². The van der Waals surface area contributed by atoms with E-state index in [0.717, 1.165) is 12.8 Å². The second-order valence-corrected chi connectivity index (χ2v) is 6.92. The average molecular weight is 326 g/mol. The van der Waals surface area contributed by atoms with Gasteiger partial charge in [-0.3, -0.25) is 0 Å². The third-order valence-electron chi connectivity index (χ3n) is 3.62. The van der Waals surface area contributed by atoms with E-state index in [2.05, 4.69) is 10.6 Å². The minimum absolute atomic E-state index is 0.0133. The number of carbonyl (C=O) groups is 1. The topological polar surface area (TPSA) is 50.4 Å². The molecule has 0 bridgehead atoms. The van der Waals surface area contributed by atoms with Gasteiger partial charge in [0.25, 0.3) is 0 Å². The molecule has 0 radical (unpaired) electrons. The zero-order chi connectivity index (χ0) is 17.0. The molecule has 1 aliphatic rings. The Balaban J connectivity index is 1.85. The van der Waals surface area contributed by atoms with E-state index in [4.69, 9.17) is 4.74 Å². The predicted octanol–water partition coefficient (Wildman–Crippen LogP) is 3.36. The Morgan fingerprint density at radius 3 is 2.43 bits per heavy atom. The molecule has 0 spiro atoms. The molecule has 1 saturated carbocycles. The van der Waals surface area contributed by atoms with E-state index in [0.29, 0.717) is 12.5 Å². The zero-order valence-electron chi connectivity index (χ0n) is 13.8. The number of halogens is 2. The van der Waals surface area contributed by atoms with Crippen molar-refractivity contribution in [2.24, 2.45) is 5.92 Å². The Labute approximate surface area is 135 Å². The van der Waals surface area contributed by atoms with E-state index >= 15 is 0 Å². The Hall–Kier alpha value is -1.69. The lowest BCUT2D eigenvalue weighted by Crippen LogP contribution is -2.45. The highest BCUT2D eigenvalue weighted by Crippen LogP contribution is 2.32. The number of hydrogen-bond acceptors (Lipinski definition) is 3. The Bertz CT molecular complexity index is 534. The summed E-state index contributed by atoms with van der Waals surface area (Å²) in [5.74, 6) is -0.748. The first-order chi connectivity index (χ1) is 10.8. The Kier molecular flexibility index (Phi) is 5.57. The van der Waals surface area contributed by atoms with Crippen LogP contribution in [0.4, 0.5) is 13.6 Å². The fourth-order valence-corrected chi connectivity index (χ4v) is 2.35. The maximum absolute atomic E-state index is 13.6. The number of hydrogen-bond donors (Lipinski definition) is 2. The summed E-state index contributed by atoms with van der Waals surface area (Å²) in [6, 6.07) is 3.71. The van der Waals surface area contributed by atoms with E-state index in [1.165, 1.54) is 18.2 Å². The maximum atomic E-state index is 13.6. The number of nitrogens with one attached hydrogen (secondary N) is 2. The smallest absolute Gasteiger partial charge is 0.407 e. The first kappa shape index (κ1) is 17.7. The van der Waals surface area contributed by atoms with Gasteiger partial charge in [0.2, 0.25) is 0 Å². The molecule has 0 aliphatic heterocycles. The highest BCUT2D eigenvalue weighted by molar-refractivity contribution is 5.68. The molecule has 1 unspecified atom stereocenters. The van der Waals surface area contributed by atoms with Crippen LogP contribution in [0, 0.1) is 17.6 Å². The lowest BCUT2D eigenvalue weighted by molar-refractivity contribution is 0.0497. The van der Waals surface area contributed by atoms with Gasteiger partial charge in [0, 0.05) is 24.7 Å². The van der Waals surface area contributed by atoms with Crippen molar-refractivity contribution < 1.29 is 18.3 Å². The van der Waals surface area contributed by atoms with Crippen molar-refractivity contribution in [2.45, 2.75) is 51.8 Å². The minimum atomic E-state index is -0.569. The van der Waals surface area contributed by atoms with E-state index in [9.17, 15) is 13.6 Å². The van der Waals surface area contributed by atoms with Gasteiger partial charge in [0.05, 0.1) is 0 Å². The molecule has 128 valence electrons. The lowest BCUT2D eigenvalue weighted by atomic mass is 10.1. The predicted molar refractivity (Wildman–Crippen MR) is 83.9 cm³/mol. The molecule has 1 aromatic carbocycles. The molecule has 1 atom stereocenters. The molecule has 1 aromatic rings. The summed E-state index contributed by atoms with van der Waals surface area (Å²) in [6.45, 7) is 5.93. The van der Waals surface area contributed by atoms with Crippen LogP contribution >= 0.6 is 0 Å². The first-order valence-electron chi connectivity index (χ1n) is 7.89. The number of carbonyl (C=O) groups excluding carboxylic acids is 1. The molecule has 0 saturated heterocycles. The molecule has 6 heteroatoms. The van der Waals surface area contributed by atoms with Crippen LogP contribution in [0.5, 0.6) is 0 Å². The van der Waals surface area contributed by atoms with Gasteiger partial charge in [-0.05, 0) is 51.7 Å². The number of benzene rings is 1. The number of ether oxygens (including phenoxy) is 1. The van der Waals surface area contributed by atoms with Crippen molar-refractivity contribution in [1.29, 1.82) is 0 Å². The van der Waals surface area contributed by atoms with E-state index in [1.807, 2.05) is 0 Å². The zero-order valence-corrected chi connectivity index (χ0v) is 13.8. The molecule has 2 rings (SSSR count). The van der Waals surface area contributed by atoms with Crippen LogP contribution in [0.1, 0.15) is 39.2 Å². The van der Waals surface area contributed by atoms with Crippen LogP contribution in [-0.2, 0) is 11.3 Å². The molecule has 1 amide bonds. The molecular formula is C17H24F2N2O2. The fourth-order valence-electron chi connectivity index (χ4n) is 2.35. The molecule has 1 aliphatic carbocycles. The quantitative estimate of drug-likeness (QED) is 0.843. The summed E-state index contributed by atoms with van der Waals surface area (Å²) in [6.07, 6.45) is 1.61. The number of alkyl carbamates (subject to hydrolysis) is 1. The molecule has 23 heavy (non-hydrogen) atoms. The third kappa shape index (κ3) is 5.78. The van der Waals surface area contributed by atoms with E-state index in [1.54, 1.807) is 20.8 Å². The highest BCUT2D eigenvalue weighted by Gasteiger charge is 2.33. The Morgan fingerprint density at radius 1 is 1.30 bits per heavy atom. The number of amides is 1. The van der Waals surface area contributed by atoms with Crippen LogP contribution in [-0.4, -0.2) is 24.3 Å². The van der Waals surface area contributed by atoms with Crippen LogP contribution in [0.15, 0.2) is 18.2 Å².